The lowest BCUT2D eigenvalue weighted by Gasteiger charge is -2.38. The normalized spacial score (nSPS) is 12.6. The molecule has 9 rings (SSSR count). The van der Waals surface area contributed by atoms with Crippen LogP contribution in [0, 0.1) is 0 Å². The van der Waals surface area contributed by atoms with E-state index in [0.717, 1.165) is 38.9 Å². The van der Waals surface area contributed by atoms with Crippen molar-refractivity contribution in [3.63, 3.8) is 0 Å². The van der Waals surface area contributed by atoms with E-state index in [2.05, 4.69) is 71.3 Å². The molecule has 8 aromatic carbocycles. The van der Waals surface area contributed by atoms with E-state index in [1.807, 2.05) is 152 Å². The fourth-order valence-electron chi connectivity index (χ4n) is 9.17. The van der Waals surface area contributed by atoms with E-state index in [-0.39, 0.29) is 24.2 Å². The molecule has 7 nitrogen and oxygen atoms in total. The second kappa shape index (κ2) is 19.6. The number of rotatable bonds is 15. The fraction of sp³-hybridized carbons (Fsp3) is 0.121. The molecule has 0 unspecified atom stereocenters. The molecule has 1 aliphatic rings. The molecule has 1 atom stereocenters. The van der Waals surface area contributed by atoms with Gasteiger partial charge in [0.05, 0.1) is 4.75 Å². The summed E-state index contributed by atoms with van der Waals surface area (Å²) >= 11 is 1.54. The first kappa shape index (κ1) is 43.6. The molecule has 0 radical (unpaired) electrons. The Morgan fingerprint density at radius 2 is 0.909 bits per heavy atom. The lowest BCUT2D eigenvalue weighted by Crippen LogP contribution is -2.48. The number of hydrogen-bond donors (Lipinski definition) is 2. The monoisotopic (exact) mass is 884 g/mol. The molecule has 0 bridgehead atoms. The Bertz CT molecular complexity index is 2730. The predicted octanol–water partition coefficient (Wildman–Crippen LogP) is 11.5. The molecule has 0 aliphatic heterocycles. The van der Waals surface area contributed by atoms with E-state index in [1.54, 1.807) is 19.2 Å². The third-order valence-electron chi connectivity index (χ3n) is 12.3. The molecule has 0 spiro atoms. The summed E-state index contributed by atoms with van der Waals surface area (Å²) in [6, 6.07) is 71.9. The Morgan fingerprint density at radius 3 is 1.35 bits per heavy atom. The summed E-state index contributed by atoms with van der Waals surface area (Å²) in [5.41, 5.74) is 8.29. The average Bonchev–Trinajstić information content (AvgIpc) is 3.71. The van der Waals surface area contributed by atoms with Crippen molar-refractivity contribution >= 4 is 29.7 Å². The van der Waals surface area contributed by atoms with Gasteiger partial charge in [-0.2, -0.15) is 0 Å². The Hall–Kier alpha value is -7.68. The van der Waals surface area contributed by atoms with Crippen LogP contribution in [0.3, 0.4) is 0 Å². The van der Waals surface area contributed by atoms with Crippen molar-refractivity contribution in [3.8, 4) is 11.1 Å². The highest BCUT2D eigenvalue weighted by Gasteiger charge is 2.44. The number of carbonyl (C=O) groups is 3. The number of alkyl carbamates (subject to hydrolysis) is 1. The van der Waals surface area contributed by atoms with Gasteiger partial charge in [-0.1, -0.05) is 212 Å². The van der Waals surface area contributed by atoms with Crippen LogP contribution in [0.15, 0.2) is 224 Å². The molecule has 1 aliphatic carbocycles. The lowest BCUT2D eigenvalue weighted by atomic mass is 9.79. The maximum absolute atomic E-state index is 15.6. The number of hydrogen-bond acceptors (Lipinski definition) is 6. The SMILES string of the molecule is CNC(=O)c1ccc(C(OC(=O)[C@H](CSC(c2ccccc2)(c2ccccc2)c2ccccc2)NC(=O)OCC2c3ccccc3-c3ccccc32)(c2ccccc2)c2ccccc2)cc1. The Labute approximate surface area is 389 Å². The molecule has 2 amide bonds. The maximum Gasteiger partial charge on any atom is 0.407 e. The highest BCUT2D eigenvalue weighted by atomic mass is 32.2. The summed E-state index contributed by atoms with van der Waals surface area (Å²) in [7, 11) is 1.58. The van der Waals surface area contributed by atoms with Gasteiger partial charge in [0.15, 0.2) is 5.60 Å². The van der Waals surface area contributed by atoms with E-state index in [4.69, 9.17) is 9.47 Å². The van der Waals surface area contributed by atoms with Crippen molar-refractivity contribution in [3.05, 3.63) is 275 Å². The van der Waals surface area contributed by atoms with E-state index < -0.39 is 28.5 Å². The standard InChI is InChI=1S/C58H48N2O5S/c1-59-54(61)41-35-37-44(38-36-41)57(42-21-7-2-8-22-42,43-23-9-3-10-24-43)65-55(62)53(60-56(63)64-39-52-50-33-19-17-31-48(50)49-32-18-20-34-51(49)52)40-66-58(45-25-11-4-12-26-45,46-27-13-5-14-28-46)47-29-15-6-16-30-47/h2-38,52-53H,39-40H2,1H3,(H,59,61)(H,60,63)/t53-/m0/s1. The predicted molar refractivity (Wildman–Crippen MR) is 262 cm³/mol. The molecular formula is C58H48N2O5S. The van der Waals surface area contributed by atoms with E-state index in [9.17, 15) is 9.59 Å². The van der Waals surface area contributed by atoms with Gasteiger partial charge in [0.25, 0.3) is 5.91 Å². The summed E-state index contributed by atoms with van der Waals surface area (Å²) in [5, 5.41) is 5.70. The van der Waals surface area contributed by atoms with Gasteiger partial charge >= 0.3 is 12.1 Å². The van der Waals surface area contributed by atoms with E-state index >= 15 is 4.79 Å². The van der Waals surface area contributed by atoms with Gasteiger partial charge in [0.2, 0.25) is 0 Å². The molecule has 0 fully saturated rings. The molecule has 326 valence electrons. The maximum atomic E-state index is 15.6. The van der Waals surface area contributed by atoms with Crippen LogP contribution < -0.4 is 10.6 Å². The van der Waals surface area contributed by atoms with Crippen molar-refractivity contribution in [1.29, 1.82) is 0 Å². The van der Waals surface area contributed by atoms with Crippen LogP contribution in [0.1, 0.15) is 60.8 Å². The fourth-order valence-corrected chi connectivity index (χ4v) is 10.7. The first-order valence-electron chi connectivity index (χ1n) is 22.0. The number of amides is 2. The molecule has 8 heteroatoms. The Balaban J connectivity index is 1.13. The molecule has 0 heterocycles. The van der Waals surface area contributed by atoms with Crippen molar-refractivity contribution in [2.75, 3.05) is 19.4 Å². The highest BCUT2D eigenvalue weighted by Crippen LogP contribution is 2.49. The molecular weight excluding hydrogens is 837 g/mol. The third-order valence-corrected chi connectivity index (χ3v) is 14.0. The zero-order chi connectivity index (χ0) is 45.4. The zero-order valence-electron chi connectivity index (χ0n) is 36.4. The zero-order valence-corrected chi connectivity index (χ0v) is 37.2. The largest absolute Gasteiger partial charge is 0.449 e. The number of carbonyl (C=O) groups excluding carboxylic acids is 3. The van der Waals surface area contributed by atoms with Gasteiger partial charge in [-0.15, -0.1) is 11.8 Å². The van der Waals surface area contributed by atoms with Crippen LogP contribution >= 0.6 is 11.8 Å². The number of fused-ring (bicyclic) bond motifs is 3. The lowest BCUT2D eigenvalue weighted by molar-refractivity contribution is -0.155. The average molecular weight is 885 g/mol. The molecule has 0 saturated heterocycles. The topological polar surface area (TPSA) is 93.7 Å². The summed E-state index contributed by atoms with van der Waals surface area (Å²) in [5.74, 6) is -1.03. The van der Waals surface area contributed by atoms with Crippen molar-refractivity contribution in [2.45, 2.75) is 22.3 Å². The minimum absolute atomic E-state index is 0.0619. The molecule has 0 aromatic heterocycles. The Kier molecular flexibility index (Phi) is 12.9. The minimum Gasteiger partial charge on any atom is -0.449 e. The quantitative estimate of drug-likeness (QED) is 0.0787. The van der Waals surface area contributed by atoms with Gasteiger partial charge < -0.3 is 20.1 Å². The summed E-state index contributed by atoms with van der Waals surface area (Å²) in [4.78, 5) is 42.7. The first-order valence-corrected chi connectivity index (χ1v) is 23.0. The van der Waals surface area contributed by atoms with Gasteiger partial charge in [-0.3, -0.25) is 4.79 Å². The number of nitrogens with one attached hydrogen (secondary N) is 2. The number of benzene rings is 8. The van der Waals surface area contributed by atoms with E-state index in [0.29, 0.717) is 22.3 Å². The van der Waals surface area contributed by atoms with E-state index in [1.165, 1.54) is 11.8 Å². The molecule has 66 heavy (non-hydrogen) atoms. The number of ether oxygens (including phenoxy) is 2. The van der Waals surface area contributed by atoms with Crippen LogP contribution in [-0.4, -0.2) is 43.4 Å². The molecule has 2 N–H and O–H groups in total. The number of thioether (sulfide) groups is 1. The van der Waals surface area contributed by atoms with Crippen LogP contribution in [0.25, 0.3) is 11.1 Å². The Morgan fingerprint density at radius 1 is 0.515 bits per heavy atom. The van der Waals surface area contributed by atoms with Crippen molar-refractivity contribution in [2.24, 2.45) is 0 Å². The highest BCUT2D eigenvalue weighted by molar-refractivity contribution is 8.00. The number of esters is 1. The molecule has 8 aromatic rings. The van der Waals surface area contributed by atoms with Crippen LogP contribution in [0.5, 0.6) is 0 Å². The first-order chi connectivity index (χ1) is 32.4. The second-order valence-corrected chi connectivity index (χ2v) is 17.3. The smallest absolute Gasteiger partial charge is 0.407 e. The summed E-state index contributed by atoms with van der Waals surface area (Å²) < 4.78 is 12.3. The van der Waals surface area contributed by atoms with Crippen LogP contribution in [0.2, 0.25) is 0 Å². The third kappa shape index (κ3) is 8.51. The van der Waals surface area contributed by atoms with Crippen molar-refractivity contribution < 1.29 is 23.9 Å². The second-order valence-electron chi connectivity index (χ2n) is 16.1. The summed E-state index contributed by atoms with van der Waals surface area (Å²) in [6.07, 6.45) is -0.746. The van der Waals surface area contributed by atoms with Crippen LogP contribution in [0.4, 0.5) is 4.79 Å². The van der Waals surface area contributed by atoms with Crippen LogP contribution in [-0.2, 0) is 24.6 Å². The van der Waals surface area contributed by atoms with Gasteiger partial charge in [-0.05, 0) is 51.1 Å². The summed E-state index contributed by atoms with van der Waals surface area (Å²) in [6.45, 7) is 0.0619. The van der Waals surface area contributed by atoms with Gasteiger partial charge in [0.1, 0.15) is 12.6 Å². The van der Waals surface area contributed by atoms with Gasteiger partial charge in [0, 0.05) is 41.0 Å². The molecule has 0 saturated carbocycles. The van der Waals surface area contributed by atoms with Crippen molar-refractivity contribution in [1.82, 2.24) is 10.6 Å². The van der Waals surface area contributed by atoms with Gasteiger partial charge in [-0.25, -0.2) is 9.59 Å². The minimum atomic E-state index is -1.51.